The fourth-order valence-electron chi connectivity index (χ4n) is 5.17. The summed E-state index contributed by atoms with van der Waals surface area (Å²) in [6.07, 6.45) is 3.00. The fraction of sp³-hybridized carbons (Fsp3) is 0.483. The highest BCUT2D eigenvalue weighted by atomic mass is 19.1. The van der Waals surface area contributed by atoms with Crippen molar-refractivity contribution in [3.8, 4) is 0 Å². The van der Waals surface area contributed by atoms with Crippen LogP contribution in [-0.2, 0) is 29.2 Å². The van der Waals surface area contributed by atoms with Gasteiger partial charge >= 0.3 is 0 Å². The van der Waals surface area contributed by atoms with E-state index in [0.29, 0.717) is 44.0 Å². The molecule has 0 saturated carbocycles. The molecule has 3 amide bonds. The molecule has 2 heterocycles. The Labute approximate surface area is 224 Å². The van der Waals surface area contributed by atoms with Gasteiger partial charge in [0.05, 0.1) is 13.1 Å². The number of amides is 3. The van der Waals surface area contributed by atoms with Gasteiger partial charge in [-0.15, -0.1) is 0 Å². The lowest BCUT2D eigenvalue weighted by Gasteiger charge is -2.32. The minimum atomic E-state index is -0.293. The number of hydrogen-bond acceptors (Lipinski definition) is 5. The zero-order chi connectivity index (χ0) is 27.4. The number of benzene rings is 2. The summed E-state index contributed by atoms with van der Waals surface area (Å²) in [6.45, 7) is 8.70. The Balaban J connectivity index is 1.53. The lowest BCUT2D eigenvalue weighted by atomic mass is 10.0. The Bertz CT molecular complexity index is 1220. The van der Waals surface area contributed by atoms with E-state index in [2.05, 4.69) is 12.2 Å². The number of anilines is 1. The number of fused-ring (bicyclic) bond motifs is 2. The third-order valence-electron chi connectivity index (χ3n) is 7.45. The third-order valence-corrected chi connectivity index (χ3v) is 7.45. The maximum Gasteiger partial charge on any atom is 0.256 e. The number of nitrogens with one attached hydrogen (secondary N) is 1. The largest absolute Gasteiger partial charge is 0.355 e. The van der Waals surface area contributed by atoms with Gasteiger partial charge in [0.2, 0.25) is 5.91 Å². The number of carbonyl (C=O) groups excluding carboxylic acids is 3. The van der Waals surface area contributed by atoms with Crippen LogP contribution in [0.2, 0.25) is 0 Å². The summed E-state index contributed by atoms with van der Waals surface area (Å²) in [6, 6.07) is 8.51. The average molecular weight is 524 g/mol. The van der Waals surface area contributed by atoms with Crippen molar-refractivity contribution < 1.29 is 18.8 Å². The van der Waals surface area contributed by atoms with Gasteiger partial charge in [-0.2, -0.15) is 0 Å². The molecule has 1 N–H and O–H groups in total. The van der Waals surface area contributed by atoms with Crippen molar-refractivity contribution >= 4 is 23.4 Å². The number of unbranched alkanes of at least 4 members (excludes halogenated alkanes) is 2. The first-order valence-corrected chi connectivity index (χ1v) is 13.4. The molecule has 0 aliphatic carbocycles. The quantitative estimate of drug-likeness (QED) is 0.456. The monoisotopic (exact) mass is 523 g/mol. The molecule has 9 heteroatoms. The highest BCUT2D eigenvalue weighted by molar-refractivity contribution is 6.00. The summed E-state index contributed by atoms with van der Waals surface area (Å²) < 4.78 is 13.7. The van der Waals surface area contributed by atoms with Gasteiger partial charge in [-0.3, -0.25) is 19.4 Å². The standard InChI is InChI=1S/C29H38FN5O3/c1-5-7-8-11-31-27(36)18-34(26-14-25-23(12-20(26)3)15-33(6-2)29(25)38)19-28(37)32(4)35-16-21-9-10-24(30)13-22(21)17-35/h9-10,12-14H,5-8,11,15-19H2,1-4H3,(H,31,36). The van der Waals surface area contributed by atoms with E-state index in [1.54, 1.807) is 27.9 Å². The molecule has 38 heavy (non-hydrogen) atoms. The van der Waals surface area contributed by atoms with Crippen molar-refractivity contribution in [2.24, 2.45) is 0 Å². The van der Waals surface area contributed by atoms with Gasteiger partial charge in [0.15, 0.2) is 0 Å². The third kappa shape index (κ3) is 5.99. The van der Waals surface area contributed by atoms with Gasteiger partial charge in [0.25, 0.3) is 11.8 Å². The van der Waals surface area contributed by atoms with Crippen LogP contribution in [0.5, 0.6) is 0 Å². The molecule has 0 bridgehead atoms. The number of hydrogen-bond donors (Lipinski definition) is 1. The number of nitrogens with zero attached hydrogens (tertiary/aromatic N) is 4. The lowest BCUT2D eigenvalue weighted by Crippen LogP contribution is -2.48. The minimum absolute atomic E-state index is 0.00243. The van der Waals surface area contributed by atoms with Crippen molar-refractivity contribution in [1.82, 2.24) is 20.2 Å². The summed E-state index contributed by atoms with van der Waals surface area (Å²) in [5.41, 5.74) is 5.05. The van der Waals surface area contributed by atoms with Gasteiger partial charge in [-0.25, -0.2) is 9.40 Å². The molecule has 2 aromatic rings. The summed E-state index contributed by atoms with van der Waals surface area (Å²) in [7, 11) is 1.70. The number of halogens is 1. The van der Waals surface area contributed by atoms with Crippen LogP contribution in [0.3, 0.4) is 0 Å². The second kappa shape index (κ2) is 11.9. The molecule has 4 rings (SSSR count). The summed E-state index contributed by atoms with van der Waals surface area (Å²) in [5.74, 6) is -0.683. The molecule has 2 aromatic carbocycles. The summed E-state index contributed by atoms with van der Waals surface area (Å²) in [4.78, 5) is 42.8. The Hall–Kier alpha value is -3.46. The number of likely N-dealkylation sites (N-methyl/N-ethyl adjacent to an activating group) is 1. The van der Waals surface area contributed by atoms with E-state index in [1.807, 2.05) is 31.0 Å². The Morgan fingerprint density at radius 3 is 2.50 bits per heavy atom. The molecule has 0 saturated heterocycles. The molecule has 0 atom stereocenters. The van der Waals surface area contributed by atoms with Crippen molar-refractivity contribution in [3.63, 3.8) is 0 Å². The zero-order valence-corrected chi connectivity index (χ0v) is 22.8. The maximum atomic E-state index is 13.7. The average Bonchev–Trinajstić information content (AvgIpc) is 3.45. The Morgan fingerprint density at radius 2 is 1.76 bits per heavy atom. The van der Waals surface area contributed by atoms with E-state index in [9.17, 15) is 18.8 Å². The number of hydrazine groups is 1. The van der Waals surface area contributed by atoms with E-state index in [0.717, 1.165) is 41.5 Å². The van der Waals surface area contributed by atoms with Gasteiger partial charge in [-0.05, 0) is 60.7 Å². The summed E-state index contributed by atoms with van der Waals surface area (Å²) in [5, 5.41) is 6.38. The fourth-order valence-corrected chi connectivity index (χ4v) is 5.17. The minimum Gasteiger partial charge on any atom is -0.355 e. The number of aryl methyl sites for hydroxylation is 1. The second-order valence-electron chi connectivity index (χ2n) is 10.2. The molecule has 0 spiro atoms. The molecular weight excluding hydrogens is 485 g/mol. The van der Waals surface area contributed by atoms with Gasteiger partial charge in [-0.1, -0.05) is 31.9 Å². The van der Waals surface area contributed by atoms with Crippen LogP contribution in [0, 0.1) is 12.7 Å². The van der Waals surface area contributed by atoms with E-state index < -0.39 is 0 Å². The first kappa shape index (κ1) is 27.6. The molecule has 2 aliphatic heterocycles. The van der Waals surface area contributed by atoms with E-state index in [4.69, 9.17) is 0 Å². The predicted octanol–water partition coefficient (Wildman–Crippen LogP) is 3.61. The van der Waals surface area contributed by atoms with Crippen LogP contribution in [-0.4, -0.2) is 65.9 Å². The van der Waals surface area contributed by atoms with Crippen LogP contribution in [0.4, 0.5) is 10.1 Å². The molecule has 204 valence electrons. The normalized spacial score (nSPS) is 14.4. The first-order chi connectivity index (χ1) is 18.2. The highest BCUT2D eigenvalue weighted by Gasteiger charge is 2.30. The summed E-state index contributed by atoms with van der Waals surface area (Å²) >= 11 is 0. The topological polar surface area (TPSA) is 76.2 Å². The van der Waals surface area contributed by atoms with Crippen molar-refractivity contribution in [1.29, 1.82) is 0 Å². The molecule has 8 nitrogen and oxygen atoms in total. The zero-order valence-electron chi connectivity index (χ0n) is 22.8. The Morgan fingerprint density at radius 1 is 1.00 bits per heavy atom. The number of carbonyl (C=O) groups is 3. The second-order valence-corrected chi connectivity index (χ2v) is 10.2. The number of rotatable bonds is 11. The predicted molar refractivity (Wildman–Crippen MR) is 145 cm³/mol. The molecule has 0 aromatic heterocycles. The Kier molecular flexibility index (Phi) is 8.66. The molecular formula is C29H38FN5O3. The van der Waals surface area contributed by atoms with E-state index >= 15 is 0 Å². The van der Waals surface area contributed by atoms with E-state index in [1.165, 1.54) is 12.1 Å². The first-order valence-electron chi connectivity index (χ1n) is 13.4. The van der Waals surface area contributed by atoms with Crippen molar-refractivity contribution in [3.05, 3.63) is 64.0 Å². The van der Waals surface area contributed by atoms with Gasteiger partial charge < -0.3 is 15.1 Å². The lowest BCUT2D eigenvalue weighted by molar-refractivity contribution is -0.145. The van der Waals surface area contributed by atoms with Crippen LogP contribution in [0.1, 0.15) is 65.7 Å². The smallest absolute Gasteiger partial charge is 0.256 e. The van der Waals surface area contributed by atoms with Crippen LogP contribution in [0.15, 0.2) is 30.3 Å². The SMILES string of the molecule is CCCCCNC(=O)CN(CC(=O)N(C)N1Cc2ccc(F)cc2C1)c1cc2c(cc1C)CN(CC)C2=O. The van der Waals surface area contributed by atoms with Crippen molar-refractivity contribution in [2.45, 2.75) is 59.7 Å². The maximum absolute atomic E-state index is 13.7. The van der Waals surface area contributed by atoms with Gasteiger partial charge in [0.1, 0.15) is 5.82 Å². The highest BCUT2D eigenvalue weighted by Crippen LogP contribution is 2.31. The molecule has 0 fully saturated rings. The van der Waals surface area contributed by atoms with Crippen LogP contribution in [0.25, 0.3) is 0 Å². The van der Waals surface area contributed by atoms with Gasteiger partial charge in [0, 0.05) is 51.0 Å². The molecule has 0 unspecified atom stereocenters. The van der Waals surface area contributed by atoms with Crippen LogP contribution < -0.4 is 10.2 Å². The van der Waals surface area contributed by atoms with E-state index in [-0.39, 0.29) is 36.6 Å². The molecule has 2 aliphatic rings. The van der Waals surface area contributed by atoms with Crippen LogP contribution >= 0.6 is 0 Å². The van der Waals surface area contributed by atoms with Crippen molar-refractivity contribution in [2.75, 3.05) is 38.1 Å². The molecule has 0 radical (unpaired) electrons.